The summed E-state index contributed by atoms with van der Waals surface area (Å²) in [5.74, 6) is 0.225. The molecule has 1 aliphatic heterocycles. The highest BCUT2D eigenvalue weighted by Gasteiger charge is 2.55. The van der Waals surface area contributed by atoms with Crippen molar-refractivity contribution in [3.63, 3.8) is 0 Å². The minimum absolute atomic E-state index is 0.178. The summed E-state index contributed by atoms with van der Waals surface area (Å²) in [6.07, 6.45) is 3.62. The maximum atomic E-state index is 11.5. The van der Waals surface area contributed by atoms with Crippen molar-refractivity contribution < 1.29 is 14.3 Å². The quantitative estimate of drug-likeness (QED) is 0.538. The molecule has 2 N–H and O–H groups in total. The van der Waals surface area contributed by atoms with Gasteiger partial charge in [0.2, 0.25) is 0 Å². The van der Waals surface area contributed by atoms with Crippen molar-refractivity contribution in [1.82, 2.24) is 10.6 Å². The Morgan fingerprint density at radius 1 is 1.44 bits per heavy atom. The Kier molecular flexibility index (Phi) is 3.14. The lowest BCUT2D eigenvalue weighted by Crippen LogP contribution is -2.57. The van der Waals surface area contributed by atoms with E-state index in [4.69, 9.17) is 4.74 Å². The maximum absolute atomic E-state index is 11.5. The molecule has 0 aromatic carbocycles. The van der Waals surface area contributed by atoms with E-state index in [-0.39, 0.29) is 11.9 Å². The molecule has 5 heteroatoms. The smallest absolute Gasteiger partial charge is 0.322 e. The van der Waals surface area contributed by atoms with Crippen LogP contribution >= 0.6 is 0 Å². The highest BCUT2D eigenvalue weighted by molar-refractivity contribution is 6.07. The largest absolute Gasteiger partial charge is 0.381 e. The van der Waals surface area contributed by atoms with E-state index in [0.29, 0.717) is 25.4 Å². The Labute approximate surface area is 94.9 Å². The fourth-order valence-corrected chi connectivity index (χ4v) is 2.36. The van der Waals surface area contributed by atoms with Crippen molar-refractivity contribution in [1.29, 1.82) is 0 Å². The average molecular weight is 226 g/mol. The van der Waals surface area contributed by atoms with Crippen molar-refractivity contribution in [2.24, 2.45) is 5.92 Å². The molecule has 1 saturated heterocycles. The molecule has 2 fully saturated rings. The molecule has 0 radical (unpaired) electrons. The van der Waals surface area contributed by atoms with Crippen LogP contribution in [-0.4, -0.2) is 30.7 Å². The van der Waals surface area contributed by atoms with Gasteiger partial charge in [-0.3, -0.25) is 10.1 Å². The molecule has 1 heterocycles. The molecular weight excluding hydrogens is 208 g/mol. The standard InChI is InChI=1S/C11H18N2O3/c1-2-3-4-16-7-8-5-11(6-8)9(14)12-10(15)13-11/h8H,2-7H2,1H3,(H2,12,13,14,15)/t8-,11-. The number of urea groups is 1. The zero-order chi connectivity index (χ0) is 11.6. The van der Waals surface area contributed by atoms with Crippen molar-refractivity contribution in [3.8, 4) is 0 Å². The van der Waals surface area contributed by atoms with Gasteiger partial charge in [0.15, 0.2) is 0 Å². The van der Waals surface area contributed by atoms with Crippen molar-refractivity contribution in [2.75, 3.05) is 13.2 Å². The van der Waals surface area contributed by atoms with Crippen LogP contribution in [0.3, 0.4) is 0 Å². The predicted molar refractivity (Wildman–Crippen MR) is 57.9 cm³/mol. The molecule has 0 aromatic rings. The van der Waals surface area contributed by atoms with E-state index in [0.717, 1.165) is 19.4 Å². The maximum Gasteiger partial charge on any atom is 0.322 e. The van der Waals surface area contributed by atoms with Crippen molar-refractivity contribution in [3.05, 3.63) is 0 Å². The molecule has 0 aromatic heterocycles. The van der Waals surface area contributed by atoms with Gasteiger partial charge >= 0.3 is 6.03 Å². The summed E-state index contributed by atoms with van der Waals surface area (Å²) in [6.45, 7) is 3.61. The van der Waals surface area contributed by atoms with Gasteiger partial charge < -0.3 is 10.1 Å². The molecule has 0 unspecified atom stereocenters. The minimum Gasteiger partial charge on any atom is -0.381 e. The Morgan fingerprint density at radius 3 is 2.75 bits per heavy atom. The number of nitrogens with one attached hydrogen (secondary N) is 2. The lowest BCUT2D eigenvalue weighted by atomic mass is 9.68. The highest BCUT2D eigenvalue weighted by atomic mass is 16.5. The second kappa shape index (κ2) is 4.41. The molecule has 0 atom stereocenters. The second-order valence-corrected chi connectivity index (χ2v) is 4.69. The van der Waals surface area contributed by atoms with Gasteiger partial charge in [0.1, 0.15) is 5.54 Å². The zero-order valence-corrected chi connectivity index (χ0v) is 9.54. The molecule has 1 saturated carbocycles. The number of hydrogen-bond acceptors (Lipinski definition) is 3. The van der Waals surface area contributed by atoms with Crippen molar-refractivity contribution in [2.45, 2.75) is 38.1 Å². The van der Waals surface area contributed by atoms with E-state index in [1.54, 1.807) is 0 Å². The fraction of sp³-hybridized carbons (Fsp3) is 0.818. The number of hydrogen-bond donors (Lipinski definition) is 2. The molecule has 0 bridgehead atoms. The summed E-state index contributed by atoms with van der Waals surface area (Å²) < 4.78 is 5.50. The number of amides is 3. The SMILES string of the molecule is CCCCOC[C@H]1C[C@@]2(C1)NC(=O)NC2=O. The van der Waals surface area contributed by atoms with E-state index < -0.39 is 5.54 Å². The van der Waals surface area contributed by atoms with Gasteiger partial charge in [-0.25, -0.2) is 4.79 Å². The zero-order valence-electron chi connectivity index (χ0n) is 9.54. The van der Waals surface area contributed by atoms with Gasteiger partial charge in [-0.05, 0) is 25.2 Å². The van der Waals surface area contributed by atoms with E-state index in [9.17, 15) is 9.59 Å². The van der Waals surface area contributed by atoms with Crippen LogP contribution < -0.4 is 10.6 Å². The van der Waals surface area contributed by atoms with Crippen molar-refractivity contribution >= 4 is 11.9 Å². The molecule has 90 valence electrons. The Bertz CT molecular complexity index is 298. The number of carbonyl (C=O) groups is 2. The Morgan fingerprint density at radius 2 is 2.19 bits per heavy atom. The van der Waals surface area contributed by atoms with Crippen LogP contribution in [0.1, 0.15) is 32.6 Å². The number of imide groups is 1. The third-order valence-corrected chi connectivity index (χ3v) is 3.28. The third kappa shape index (κ3) is 2.04. The Balaban J connectivity index is 1.69. The van der Waals surface area contributed by atoms with Gasteiger partial charge in [-0.15, -0.1) is 0 Å². The van der Waals surface area contributed by atoms with Crippen LogP contribution in [0.2, 0.25) is 0 Å². The summed E-state index contributed by atoms with van der Waals surface area (Å²) in [7, 11) is 0. The lowest BCUT2D eigenvalue weighted by molar-refractivity contribution is -0.129. The monoisotopic (exact) mass is 226 g/mol. The third-order valence-electron chi connectivity index (χ3n) is 3.28. The molecule has 1 aliphatic carbocycles. The fourth-order valence-electron chi connectivity index (χ4n) is 2.36. The average Bonchev–Trinajstić information content (AvgIpc) is 2.47. The summed E-state index contributed by atoms with van der Waals surface area (Å²) >= 11 is 0. The van der Waals surface area contributed by atoms with E-state index >= 15 is 0 Å². The summed E-state index contributed by atoms with van der Waals surface area (Å²) in [5, 5.41) is 4.97. The van der Waals surface area contributed by atoms with Crippen LogP contribution in [0.5, 0.6) is 0 Å². The highest BCUT2D eigenvalue weighted by Crippen LogP contribution is 2.39. The number of unbranched alkanes of at least 4 members (excludes halogenated alkanes) is 1. The second-order valence-electron chi connectivity index (χ2n) is 4.69. The minimum atomic E-state index is -0.615. The first-order valence-electron chi connectivity index (χ1n) is 5.87. The number of carbonyl (C=O) groups excluding carboxylic acids is 2. The number of rotatable bonds is 5. The summed E-state index contributed by atoms with van der Waals surface area (Å²) in [6, 6.07) is -0.365. The number of ether oxygens (including phenoxy) is 1. The molecule has 5 nitrogen and oxygen atoms in total. The normalized spacial score (nSPS) is 32.4. The van der Waals surface area contributed by atoms with Crippen LogP contribution in [0.4, 0.5) is 4.79 Å². The summed E-state index contributed by atoms with van der Waals surface area (Å²) in [5.41, 5.74) is -0.615. The molecule has 3 amide bonds. The van der Waals surface area contributed by atoms with E-state index in [2.05, 4.69) is 17.6 Å². The molecule has 1 spiro atoms. The first-order chi connectivity index (χ1) is 7.66. The Hall–Kier alpha value is -1.10. The first-order valence-corrected chi connectivity index (χ1v) is 5.87. The first kappa shape index (κ1) is 11.4. The van der Waals surface area contributed by atoms with Gasteiger partial charge in [-0.2, -0.15) is 0 Å². The summed E-state index contributed by atoms with van der Waals surface area (Å²) in [4.78, 5) is 22.5. The van der Waals surface area contributed by atoms with Crippen LogP contribution in [-0.2, 0) is 9.53 Å². The van der Waals surface area contributed by atoms with Crippen LogP contribution in [0.15, 0.2) is 0 Å². The molecule has 2 aliphatic rings. The van der Waals surface area contributed by atoms with Gasteiger partial charge in [0, 0.05) is 13.2 Å². The topological polar surface area (TPSA) is 67.4 Å². The molecular formula is C11H18N2O3. The van der Waals surface area contributed by atoms with E-state index in [1.807, 2.05) is 0 Å². The predicted octanol–water partition coefficient (Wildman–Crippen LogP) is 0.791. The molecule has 2 rings (SSSR count). The van der Waals surface area contributed by atoms with Crippen LogP contribution in [0, 0.1) is 5.92 Å². The van der Waals surface area contributed by atoms with Gasteiger partial charge in [-0.1, -0.05) is 13.3 Å². The van der Waals surface area contributed by atoms with E-state index in [1.165, 1.54) is 0 Å². The van der Waals surface area contributed by atoms with Gasteiger partial charge in [0.05, 0.1) is 0 Å². The lowest BCUT2D eigenvalue weighted by Gasteiger charge is -2.42. The van der Waals surface area contributed by atoms with Crippen LogP contribution in [0.25, 0.3) is 0 Å². The van der Waals surface area contributed by atoms with Gasteiger partial charge in [0.25, 0.3) is 5.91 Å². The molecule has 16 heavy (non-hydrogen) atoms.